The Labute approximate surface area is 74.9 Å². The van der Waals surface area contributed by atoms with E-state index in [0.717, 1.165) is 0 Å². The predicted octanol–water partition coefficient (Wildman–Crippen LogP) is 1.39. The van der Waals surface area contributed by atoms with E-state index in [-0.39, 0.29) is 0 Å². The van der Waals surface area contributed by atoms with Crippen LogP contribution in [0.4, 0.5) is 4.79 Å². The fourth-order valence-electron chi connectivity index (χ4n) is 0.973. The Bertz CT molecular complexity index is 376. The van der Waals surface area contributed by atoms with E-state index >= 15 is 0 Å². The minimum Gasteiger partial charge on any atom is -0.317 e. The Morgan fingerprint density at radius 2 is 1.46 bits per heavy atom. The van der Waals surface area contributed by atoms with Gasteiger partial charge < -0.3 is 4.84 Å². The topological polar surface area (TPSA) is 36.2 Å². The summed E-state index contributed by atoms with van der Waals surface area (Å²) in [7, 11) is 0. The molecule has 0 unspecified atom stereocenters. The summed E-state index contributed by atoms with van der Waals surface area (Å²) in [5, 5.41) is 0. The monoisotopic (exact) mass is 176 g/mol. The molecule has 2 aromatic rings. The summed E-state index contributed by atoms with van der Waals surface area (Å²) in [5.74, 6) is 0. The van der Waals surface area contributed by atoms with Crippen LogP contribution >= 0.6 is 0 Å². The Hall–Kier alpha value is -1.97. The third-order valence-electron chi connectivity index (χ3n) is 1.58. The molecule has 2 rings (SSSR count). The number of carbonyl (C=O) groups excluding carboxylic acids is 1. The third-order valence-corrected chi connectivity index (χ3v) is 1.58. The second-order valence-corrected chi connectivity index (χ2v) is 2.49. The van der Waals surface area contributed by atoms with Crippen LogP contribution in [0.1, 0.15) is 0 Å². The second kappa shape index (κ2) is 3.18. The van der Waals surface area contributed by atoms with Gasteiger partial charge >= 0.3 is 6.09 Å². The van der Waals surface area contributed by atoms with E-state index in [2.05, 4.69) is 0 Å². The summed E-state index contributed by atoms with van der Waals surface area (Å²) in [4.78, 5) is 16.2. The zero-order valence-electron chi connectivity index (χ0n) is 6.83. The first-order chi connectivity index (χ1) is 6.36. The number of hydrogen-bond donors (Lipinski definition) is 0. The van der Waals surface area contributed by atoms with Crippen LogP contribution in [0.15, 0.2) is 49.1 Å². The van der Waals surface area contributed by atoms with Gasteiger partial charge in [-0.3, -0.25) is 4.57 Å². The molecule has 0 saturated carbocycles. The summed E-state index contributed by atoms with van der Waals surface area (Å²) in [6.07, 6.45) is 6.14. The summed E-state index contributed by atoms with van der Waals surface area (Å²) in [5.41, 5.74) is 0. The van der Waals surface area contributed by atoms with Gasteiger partial charge in [-0.2, -0.15) is 4.73 Å². The summed E-state index contributed by atoms with van der Waals surface area (Å²) >= 11 is 0. The quantitative estimate of drug-likeness (QED) is 0.658. The molecule has 0 aromatic carbocycles. The second-order valence-electron chi connectivity index (χ2n) is 2.49. The summed E-state index contributed by atoms with van der Waals surface area (Å²) < 4.78 is 2.71. The Morgan fingerprint density at radius 3 is 2.08 bits per heavy atom. The summed E-state index contributed by atoms with van der Waals surface area (Å²) in [6.45, 7) is 0. The minimum atomic E-state index is -0.429. The molecule has 0 spiro atoms. The highest BCUT2D eigenvalue weighted by molar-refractivity contribution is 5.70. The first-order valence-electron chi connectivity index (χ1n) is 3.85. The molecule has 0 aliphatic rings. The van der Waals surface area contributed by atoms with Gasteiger partial charge in [0.2, 0.25) is 0 Å². The van der Waals surface area contributed by atoms with E-state index in [9.17, 15) is 4.79 Å². The molecule has 0 bridgehead atoms. The fraction of sp³-hybridized carbons (Fsp3) is 0. The highest BCUT2D eigenvalue weighted by Gasteiger charge is 2.03. The van der Waals surface area contributed by atoms with E-state index in [4.69, 9.17) is 4.84 Å². The fourth-order valence-corrected chi connectivity index (χ4v) is 0.973. The van der Waals surface area contributed by atoms with Crippen molar-refractivity contribution in [2.45, 2.75) is 0 Å². The van der Waals surface area contributed by atoms with Crippen LogP contribution in [0, 0.1) is 0 Å². The first kappa shape index (κ1) is 7.67. The molecule has 0 aliphatic carbocycles. The Morgan fingerprint density at radius 1 is 0.923 bits per heavy atom. The van der Waals surface area contributed by atoms with E-state index in [0.29, 0.717) is 0 Å². The lowest BCUT2D eigenvalue weighted by atomic mass is 10.7. The van der Waals surface area contributed by atoms with Gasteiger partial charge in [-0.25, -0.2) is 4.79 Å². The van der Waals surface area contributed by atoms with Crippen molar-refractivity contribution >= 4 is 6.09 Å². The first-order valence-corrected chi connectivity index (χ1v) is 3.85. The van der Waals surface area contributed by atoms with Gasteiger partial charge in [0.25, 0.3) is 0 Å². The van der Waals surface area contributed by atoms with Crippen LogP contribution in [-0.4, -0.2) is 15.4 Å². The minimum absolute atomic E-state index is 0.429. The average Bonchev–Trinajstić information content (AvgIpc) is 2.74. The number of carbonyl (C=O) groups is 1. The molecule has 0 fully saturated rings. The van der Waals surface area contributed by atoms with Crippen molar-refractivity contribution in [3.05, 3.63) is 49.1 Å². The van der Waals surface area contributed by atoms with Crippen LogP contribution in [-0.2, 0) is 0 Å². The molecule has 66 valence electrons. The smallest absolute Gasteiger partial charge is 0.317 e. The van der Waals surface area contributed by atoms with Gasteiger partial charge in [0, 0.05) is 24.8 Å². The van der Waals surface area contributed by atoms with Crippen LogP contribution in [0.25, 0.3) is 0 Å². The maximum atomic E-state index is 11.3. The van der Waals surface area contributed by atoms with Crippen molar-refractivity contribution < 1.29 is 9.63 Å². The third kappa shape index (κ3) is 1.61. The summed E-state index contributed by atoms with van der Waals surface area (Å²) in [6, 6.07) is 7.08. The van der Waals surface area contributed by atoms with Crippen molar-refractivity contribution in [3.63, 3.8) is 0 Å². The average molecular weight is 176 g/mol. The molecule has 0 saturated heterocycles. The van der Waals surface area contributed by atoms with E-state index in [1.807, 2.05) is 0 Å². The van der Waals surface area contributed by atoms with Crippen LogP contribution in [0.5, 0.6) is 0 Å². The Kier molecular flexibility index (Phi) is 1.88. The highest BCUT2D eigenvalue weighted by atomic mass is 16.7. The SMILES string of the molecule is O=C(On1cccc1)n1cccc1. The van der Waals surface area contributed by atoms with Crippen molar-refractivity contribution in [2.75, 3.05) is 0 Å². The van der Waals surface area contributed by atoms with Crippen molar-refractivity contribution in [3.8, 4) is 0 Å². The van der Waals surface area contributed by atoms with Crippen LogP contribution < -0.4 is 4.84 Å². The molecule has 2 heterocycles. The molecule has 0 radical (unpaired) electrons. The van der Waals surface area contributed by atoms with Crippen molar-refractivity contribution in [1.29, 1.82) is 0 Å². The van der Waals surface area contributed by atoms with E-state index in [1.165, 1.54) is 9.30 Å². The van der Waals surface area contributed by atoms with Gasteiger partial charge in [-0.1, -0.05) is 0 Å². The highest BCUT2D eigenvalue weighted by Crippen LogP contribution is 1.92. The number of hydrogen-bond acceptors (Lipinski definition) is 2. The lowest BCUT2D eigenvalue weighted by Gasteiger charge is -2.03. The van der Waals surface area contributed by atoms with Crippen molar-refractivity contribution in [2.24, 2.45) is 0 Å². The molecule has 4 nitrogen and oxygen atoms in total. The standard InChI is InChI=1S/C9H8N2O2/c12-9(10-5-1-2-6-10)13-11-7-3-4-8-11/h1-8H. The van der Waals surface area contributed by atoms with Crippen molar-refractivity contribution in [1.82, 2.24) is 9.30 Å². The van der Waals surface area contributed by atoms with Gasteiger partial charge in [0.1, 0.15) is 0 Å². The molecule has 4 heteroatoms. The van der Waals surface area contributed by atoms with Crippen LogP contribution in [0.2, 0.25) is 0 Å². The van der Waals surface area contributed by atoms with E-state index < -0.39 is 6.09 Å². The molecule has 0 N–H and O–H groups in total. The molecular weight excluding hydrogens is 168 g/mol. The molecule has 0 atom stereocenters. The molecular formula is C9H8N2O2. The molecule has 13 heavy (non-hydrogen) atoms. The van der Waals surface area contributed by atoms with Gasteiger partial charge in [-0.15, -0.1) is 0 Å². The lowest BCUT2D eigenvalue weighted by Crippen LogP contribution is -2.22. The van der Waals surface area contributed by atoms with Gasteiger partial charge in [0.15, 0.2) is 0 Å². The lowest BCUT2D eigenvalue weighted by molar-refractivity contribution is 0.135. The normalized spacial score (nSPS) is 9.85. The van der Waals surface area contributed by atoms with Crippen LogP contribution in [0.3, 0.4) is 0 Å². The zero-order chi connectivity index (χ0) is 9.10. The predicted molar refractivity (Wildman–Crippen MR) is 46.2 cm³/mol. The maximum absolute atomic E-state index is 11.3. The molecule has 0 aliphatic heterocycles. The van der Waals surface area contributed by atoms with E-state index in [1.54, 1.807) is 49.1 Å². The van der Waals surface area contributed by atoms with Gasteiger partial charge in [0.05, 0.1) is 0 Å². The molecule has 0 amide bonds. The number of nitrogens with zero attached hydrogens (tertiary/aromatic N) is 2. The number of aromatic nitrogens is 2. The molecule has 2 aromatic heterocycles. The van der Waals surface area contributed by atoms with Gasteiger partial charge in [-0.05, 0) is 24.3 Å². The maximum Gasteiger partial charge on any atom is 0.442 e. The number of rotatable bonds is 1. The largest absolute Gasteiger partial charge is 0.442 e. The Balaban J connectivity index is 2.08. The zero-order valence-corrected chi connectivity index (χ0v) is 6.83.